The predicted molar refractivity (Wildman–Crippen MR) is 108 cm³/mol. The van der Waals surface area contributed by atoms with E-state index in [2.05, 4.69) is 9.98 Å². The standard InChI is InChI=1S/C21H23N5O3/c1-26-18(27)21(25-19(26)23)11-20(8-3-9-28-12-20)29-16-7-6-13(10-14(16)21)15-4-2-5-17(22)24-15/h2,4-7,10H,3,8-9,11-12H2,1H3,(H2,22,24)(H2,23,25). The van der Waals surface area contributed by atoms with Gasteiger partial charge in [0.1, 0.15) is 17.2 Å². The van der Waals surface area contributed by atoms with Gasteiger partial charge in [-0.2, -0.15) is 0 Å². The van der Waals surface area contributed by atoms with E-state index < -0.39 is 11.1 Å². The summed E-state index contributed by atoms with van der Waals surface area (Å²) in [6.07, 6.45) is 2.07. The Bertz CT molecular complexity index is 1030. The smallest absolute Gasteiger partial charge is 0.261 e. The average Bonchev–Trinajstić information content (AvgIpc) is 2.92. The van der Waals surface area contributed by atoms with Gasteiger partial charge in [-0.15, -0.1) is 0 Å². The van der Waals surface area contributed by atoms with E-state index in [9.17, 15) is 4.79 Å². The second-order valence-corrected chi connectivity index (χ2v) is 7.97. The summed E-state index contributed by atoms with van der Waals surface area (Å²) in [7, 11) is 1.65. The first-order valence-electron chi connectivity index (χ1n) is 9.70. The molecule has 0 bridgehead atoms. The van der Waals surface area contributed by atoms with E-state index in [1.165, 1.54) is 4.90 Å². The number of anilines is 1. The summed E-state index contributed by atoms with van der Waals surface area (Å²) >= 11 is 0. The molecule has 0 radical (unpaired) electrons. The number of rotatable bonds is 1. The molecule has 150 valence electrons. The van der Waals surface area contributed by atoms with E-state index in [4.69, 9.17) is 20.9 Å². The second-order valence-electron chi connectivity index (χ2n) is 7.97. The van der Waals surface area contributed by atoms with Gasteiger partial charge in [0.2, 0.25) is 0 Å². The number of aliphatic imine (C=N–C) groups is 1. The van der Waals surface area contributed by atoms with Gasteiger partial charge >= 0.3 is 0 Å². The van der Waals surface area contributed by atoms with Crippen molar-refractivity contribution >= 4 is 17.7 Å². The number of hydrogen-bond donors (Lipinski definition) is 2. The lowest BCUT2D eigenvalue weighted by atomic mass is 9.74. The molecule has 3 aliphatic rings. The number of nitrogens with zero attached hydrogens (tertiary/aromatic N) is 3. The molecule has 0 saturated carbocycles. The molecule has 2 unspecified atom stereocenters. The molecule has 0 aliphatic carbocycles. The third kappa shape index (κ3) is 2.66. The number of carbonyl (C=O) groups excluding carboxylic acids is 1. The van der Waals surface area contributed by atoms with Crippen LogP contribution < -0.4 is 16.2 Å². The van der Waals surface area contributed by atoms with Crippen LogP contribution in [0.4, 0.5) is 5.82 Å². The minimum absolute atomic E-state index is 0.151. The number of ether oxygens (including phenoxy) is 2. The normalized spacial score (nSPS) is 28.4. The third-order valence-electron chi connectivity index (χ3n) is 5.99. The van der Waals surface area contributed by atoms with Crippen LogP contribution in [0.1, 0.15) is 24.8 Å². The van der Waals surface area contributed by atoms with E-state index in [0.717, 1.165) is 24.1 Å². The largest absolute Gasteiger partial charge is 0.484 e. The highest BCUT2D eigenvalue weighted by atomic mass is 16.5. The highest BCUT2D eigenvalue weighted by Gasteiger charge is 2.58. The van der Waals surface area contributed by atoms with Crippen LogP contribution in [0.2, 0.25) is 0 Å². The van der Waals surface area contributed by atoms with Crippen molar-refractivity contribution in [3.8, 4) is 17.0 Å². The highest BCUT2D eigenvalue weighted by molar-refractivity contribution is 6.07. The molecule has 1 amide bonds. The number of carbonyl (C=O) groups is 1. The molecule has 8 nitrogen and oxygen atoms in total. The van der Waals surface area contributed by atoms with Crippen molar-refractivity contribution in [3.05, 3.63) is 42.0 Å². The monoisotopic (exact) mass is 393 g/mol. The van der Waals surface area contributed by atoms with Crippen LogP contribution in [0.3, 0.4) is 0 Å². The number of likely N-dealkylation sites (N-methyl/N-ethyl adjacent to an activating group) is 1. The number of aromatic nitrogens is 1. The van der Waals surface area contributed by atoms with Crippen LogP contribution >= 0.6 is 0 Å². The summed E-state index contributed by atoms with van der Waals surface area (Å²) in [5.41, 5.74) is 12.5. The Labute approximate surface area is 168 Å². The Morgan fingerprint density at radius 2 is 2.07 bits per heavy atom. The number of pyridine rings is 1. The van der Waals surface area contributed by atoms with Crippen LogP contribution in [0, 0.1) is 0 Å². The minimum Gasteiger partial charge on any atom is -0.484 e. The summed E-state index contributed by atoms with van der Waals surface area (Å²) in [5.74, 6) is 1.13. The lowest BCUT2D eigenvalue weighted by Crippen LogP contribution is -2.55. The molecular formula is C21H23N5O3. The first-order chi connectivity index (χ1) is 13.9. The molecule has 4 N–H and O–H groups in total. The van der Waals surface area contributed by atoms with Crippen molar-refractivity contribution in [1.82, 2.24) is 9.88 Å². The molecule has 1 aromatic carbocycles. The lowest BCUT2D eigenvalue weighted by Gasteiger charge is -2.46. The van der Waals surface area contributed by atoms with Gasteiger partial charge in [0.05, 0.1) is 12.3 Å². The number of hydrogen-bond acceptors (Lipinski definition) is 7. The van der Waals surface area contributed by atoms with Gasteiger partial charge in [-0.25, -0.2) is 9.98 Å². The fourth-order valence-electron chi connectivity index (χ4n) is 4.58. The first-order valence-corrected chi connectivity index (χ1v) is 9.70. The molecule has 2 atom stereocenters. The molecular weight excluding hydrogens is 370 g/mol. The quantitative estimate of drug-likeness (QED) is 0.761. The van der Waals surface area contributed by atoms with E-state index >= 15 is 0 Å². The van der Waals surface area contributed by atoms with Crippen molar-refractivity contribution in [3.63, 3.8) is 0 Å². The van der Waals surface area contributed by atoms with Gasteiger partial charge in [-0.1, -0.05) is 6.07 Å². The maximum atomic E-state index is 13.4. The van der Waals surface area contributed by atoms with Gasteiger partial charge in [0.15, 0.2) is 11.5 Å². The highest BCUT2D eigenvalue weighted by Crippen LogP contribution is 2.51. The Balaban J connectivity index is 1.69. The summed E-state index contributed by atoms with van der Waals surface area (Å²) < 4.78 is 12.2. The van der Waals surface area contributed by atoms with Crippen molar-refractivity contribution in [2.24, 2.45) is 10.7 Å². The summed E-state index contributed by atoms with van der Waals surface area (Å²) in [5, 5.41) is 0. The molecule has 4 heterocycles. The third-order valence-corrected chi connectivity index (χ3v) is 5.99. The number of nitrogen functional groups attached to an aromatic ring is 1. The molecule has 29 heavy (non-hydrogen) atoms. The molecule has 3 aliphatic heterocycles. The SMILES string of the molecule is CN1C(=O)C2(CC3(CCCOC3)Oc3ccc(-c4cccc(N)n4)cc32)N=C1N. The van der Waals surface area contributed by atoms with E-state index in [1.807, 2.05) is 30.3 Å². The molecule has 2 spiro atoms. The van der Waals surface area contributed by atoms with Crippen molar-refractivity contribution in [2.45, 2.75) is 30.4 Å². The fourth-order valence-corrected chi connectivity index (χ4v) is 4.58. The zero-order valence-electron chi connectivity index (χ0n) is 16.2. The predicted octanol–water partition coefficient (Wildman–Crippen LogP) is 1.64. The zero-order chi connectivity index (χ0) is 20.2. The maximum absolute atomic E-state index is 13.4. The fraction of sp³-hybridized carbons (Fsp3) is 0.381. The Kier molecular flexibility index (Phi) is 3.82. The Morgan fingerprint density at radius 1 is 1.21 bits per heavy atom. The first kappa shape index (κ1) is 17.9. The van der Waals surface area contributed by atoms with Gasteiger partial charge in [0, 0.05) is 31.2 Å². The van der Waals surface area contributed by atoms with Crippen LogP contribution in [-0.2, 0) is 15.1 Å². The van der Waals surface area contributed by atoms with Crippen molar-refractivity contribution in [2.75, 3.05) is 26.0 Å². The summed E-state index contributed by atoms with van der Waals surface area (Å²) in [6, 6.07) is 11.2. The minimum atomic E-state index is -1.12. The van der Waals surface area contributed by atoms with Crippen LogP contribution in [-0.4, -0.2) is 47.6 Å². The van der Waals surface area contributed by atoms with Gasteiger partial charge < -0.3 is 20.9 Å². The number of guanidine groups is 1. The number of nitrogens with two attached hydrogens (primary N) is 2. The van der Waals surface area contributed by atoms with Crippen LogP contribution in [0.5, 0.6) is 5.75 Å². The number of fused-ring (bicyclic) bond motifs is 2. The molecule has 1 fully saturated rings. The van der Waals surface area contributed by atoms with Crippen molar-refractivity contribution < 1.29 is 14.3 Å². The maximum Gasteiger partial charge on any atom is 0.261 e. The average molecular weight is 393 g/mol. The topological polar surface area (TPSA) is 116 Å². The molecule has 2 aromatic rings. The number of amides is 1. The van der Waals surface area contributed by atoms with Crippen molar-refractivity contribution in [1.29, 1.82) is 0 Å². The zero-order valence-corrected chi connectivity index (χ0v) is 16.2. The van der Waals surface area contributed by atoms with Gasteiger partial charge in [0.25, 0.3) is 5.91 Å². The van der Waals surface area contributed by atoms with E-state index in [-0.39, 0.29) is 11.9 Å². The van der Waals surface area contributed by atoms with E-state index in [1.54, 1.807) is 13.1 Å². The van der Waals surface area contributed by atoms with Gasteiger partial charge in [-0.05, 0) is 43.2 Å². The van der Waals surface area contributed by atoms with Crippen LogP contribution in [0.15, 0.2) is 41.4 Å². The Morgan fingerprint density at radius 3 is 2.76 bits per heavy atom. The van der Waals surface area contributed by atoms with Crippen LogP contribution in [0.25, 0.3) is 11.3 Å². The second kappa shape index (κ2) is 6.18. The lowest BCUT2D eigenvalue weighted by molar-refractivity contribution is -0.139. The molecule has 8 heteroatoms. The van der Waals surface area contributed by atoms with E-state index in [0.29, 0.717) is 36.8 Å². The molecule has 1 saturated heterocycles. The van der Waals surface area contributed by atoms with Gasteiger partial charge in [-0.3, -0.25) is 9.69 Å². The summed E-state index contributed by atoms with van der Waals surface area (Å²) in [6.45, 7) is 1.13. The Hall–Kier alpha value is -3.13. The summed E-state index contributed by atoms with van der Waals surface area (Å²) in [4.78, 5) is 23.9. The number of benzene rings is 1. The molecule has 5 rings (SSSR count). The molecule has 1 aromatic heterocycles.